The van der Waals surface area contributed by atoms with Crippen molar-refractivity contribution in [1.29, 1.82) is 0 Å². The van der Waals surface area contributed by atoms with Crippen molar-refractivity contribution in [3.05, 3.63) is 25.3 Å². The van der Waals surface area contributed by atoms with E-state index in [0.717, 1.165) is 25.7 Å². The SMILES string of the molecule is C=CCCCOC(=O)CC(=O)OCCCC=C. The van der Waals surface area contributed by atoms with Crippen LogP contribution in [-0.2, 0) is 19.1 Å². The minimum atomic E-state index is -0.539. The smallest absolute Gasteiger partial charge is 0.317 e. The Morgan fingerprint density at radius 1 is 0.882 bits per heavy atom. The molecule has 0 unspecified atom stereocenters. The topological polar surface area (TPSA) is 52.6 Å². The maximum atomic E-state index is 11.1. The summed E-state index contributed by atoms with van der Waals surface area (Å²) in [6, 6.07) is 0. The van der Waals surface area contributed by atoms with Crippen molar-refractivity contribution in [1.82, 2.24) is 0 Å². The highest BCUT2D eigenvalue weighted by Crippen LogP contribution is 1.97. The highest BCUT2D eigenvalue weighted by atomic mass is 16.6. The molecule has 0 heterocycles. The molecular weight excluding hydrogens is 220 g/mol. The number of carbonyl (C=O) groups excluding carboxylic acids is 2. The Morgan fingerprint density at radius 2 is 1.29 bits per heavy atom. The van der Waals surface area contributed by atoms with E-state index in [9.17, 15) is 9.59 Å². The van der Waals surface area contributed by atoms with E-state index in [1.54, 1.807) is 12.2 Å². The third-order valence-corrected chi connectivity index (χ3v) is 1.92. The van der Waals surface area contributed by atoms with E-state index in [1.165, 1.54) is 0 Å². The molecule has 17 heavy (non-hydrogen) atoms. The van der Waals surface area contributed by atoms with Crippen LogP contribution in [0.5, 0.6) is 0 Å². The van der Waals surface area contributed by atoms with Crippen LogP contribution in [0.1, 0.15) is 32.1 Å². The number of carbonyl (C=O) groups is 2. The molecule has 0 radical (unpaired) electrons. The molecule has 0 bridgehead atoms. The van der Waals surface area contributed by atoms with Crippen LogP contribution >= 0.6 is 0 Å². The molecule has 0 aromatic rings. The van der Waals surface area contributed by atoms with Crippen LogP contribution in [-0.4, -0.2) is 25.2 Å². The summed E-state index contributed by atoms with van der Waals surface area (Å²) in [5, 5.41) is 0. The maximum absolute atomic E-state index is 11.1. The first-order valence-corrected chi connectivity index (χ1v) is 5.73. The first-order chi connectivity index (χ1) is 8.20. The minimum absolute atomic E-state index is 0.314. The zero-order valence-corrected chi connectivity index (χ0v) is 10.2. The average molecular weight is 240 g/mol. The summed E-state index contributed by atoms with van der Waals surface area (Å²) in [6.45, 7) is 7.73. The summed E-state index contributed by atoms with van der Waals surface area (Å²) >= 11 is 0. The second-order valence-electron chi connectivity index (χ2n) is 3.48. The maximum Gasteiger partial charge on any atom is 0.317 e. The van der Waals surface area contributed by atoms with Crippen LogP contribution in [0.3, 0.4) is 0 Å². The van der Waals surface area contributed by atoms with E-state index in [0.29, 0.717) is 13.2 Å². The van der Waals surface area contributed by atoms with Gasteiger partial charge in [0.2, 0.25) is 0 Å². The molecular formula is C13H20O4. The standard InChI is InChI=1S/C13H20O4/c1-3-5-7-9-16-12(14)11-13(15)17-10-8-6-4-2/h3-4H,1-2,5-11H2. The third-order valence-electron chi connectivity index (χ3n) is 1.92. The fourth-order valence-corrected chi connectivity index (χ4v) is 1.05. The fourth-order valence-electron chi connectivity index (χ4n) is 1.05. The fraction of sp³-hybridized carbons (Fsp3) is 0.538. The normalized spacial score (nSPS) is 9.41. The molecule has 0 amide bonds. The average Bonchev–Trinajstić information content (AvgIpc) is 2.30. The Morgan fingerprint density at radius 3 is 1.65 bits per heavy atom. The van der Waals surface area contributed by atoms with Gasteiger partial charge < -0.3 is 9.47 Å². The first kappa shape index (κ1) is 15.4. The van der Waals surface area contributed by atoms with Crippen LogP contribution in [0.2, 0.25) is 0 Å². The number of unbranched alkanes of at least 4 members (excludes halogenated alkanes) is 2. The molecule has 0 aromatic carbocycles. The molecule has 0 fully saturated rings. The lowest BCUT2D eigenvalue weighted by molar-refractivity contribution is -0.154. The lowest BCUT2D eigenvalue weighted by Crippen LogP contribution is -2.14. The summed E-state index contributed by atoms with van der Waals surface area (Å²) in [6.07, 6.45) is 6.22. The molecule has 0 aliphatic rings. The van der Waals surface area contributed by atoms with E-state index in [1.807, 2.05) is 0 Å². The quantitative estimate of drug-likeness (QED) is 0.255. The number of esters is 2. The molecule has 4 nitrogen and oxygen atoms in total. The van der Waals surface area contributed by atoms with E-state index in [2.05, 4.69) is 13.2 Å². The lowest BCUT2D eigenvalue weighted by atomic mass is 10.3. The molecule has 96 valence electrons. The van der Waals surface area contributed by atoms with Gasteiger partial charge in [0.05, 0.1) is 13.2 Å². The molecule has 0 aromatic heterocycles. The summed E-state index contributed by atoms with van der Waals surface area (Å²) in [5.74, 6) is -1.08. The van der Waals surface area contributed by atoms with Crippen LogP contribution in [0.15, 0.2) is 25.3 Å². The summed E-state index contributed by atoms with van der Waals surface area (Å²) < 4.78 is 9.68. The second kappa shape index (κ2) is 10.9. The lowest BCUT2D eigenvalue weighted by Gasteiger charge is -2.04. The zero-order valence-electron chi connectivity index (χ0n) is 10.2. The van der Waals surface area contributed by atoms with Gasteiger partial charge in [-0.15, -0.1) is 13.2 Å². The Labute approximate surface area is 102 Å². The van der Waals surface area contributed by atoms with E-state index in [-0.39, 0.29) is 6.42 Å². The first-order valence-electron chi connectivity index (χ1n) is 5.73. The van der Waals surface area contributed by atoms with Gasteiger partial charge in [0, 0.05) is 0 Å². The van der Waals surface area contributed by atoms with Gasteiger partial charge in [-0.3, -0.25) is 9.59 Å². The molecule has 0 rings (SSSR count). The van der Waals surface area contributed by atoms with Gasteiger partial charge in [-0.2, -0.15) is 0 Å². The molecule has 0 aliphatic heterocycles. The van der Waals surface area contributed by atoms with Crippen molar-refractivity contribution in [3.63, 3.8) is 0 Å². The number of allylic oxidation sites excluding steroid dienone is 2. The van der Waals surface area contributed by atoms with E-state index < -0.39 is 11.9 Å². The van der Waals surface area contributed by atoms with Gasteiger partial charge in [0.15, 0.2) is 0 Å². The van der Waals surface area contributed by atoms with Crippen molar-refractivity contribution < 1.29 is 19.1 Å². The third kappa shape index (κ3) is 10.7. The Hall–Kier alpha value is -1.58. The number of hydrogen-bond donors (Lipinski definition) is 0. The predicted molar refractivity (Wildman–Crippen MR) is 65.4 cm³/mol. The van der Waals surface area contributed by atoms with E-state index in [4.69, 9.17) is 9.47 Å². The van der Waals surface area contributed by atoms with Crippen LogP contribution in [0, 0.1) is 0 Å². The van der Waals surface area contributed by atoms with Gasteiger partial charge in [-0.25, -0.2) is 0 Å². The predicted octanol–water partition coefficient (Wildman–Crippen LogP) is 2.40. The highest BCUT2D eigenvalue weighted by molar-refractivity contribution is 5.91. The monoisotopic (exact) mass is 240 g/mol. The van der Waals surface area contributed by atoms with Gasteiger partial charge in [-0.05, 0) is 25.7 Å². The Kier molecular flexibility index (Phi) is 9.91. The van der Waals surface area contributed by atoms with Gasteiger partial charge in [0.25, 0.3) is 0 Å². The number of rotatable bonds is 10. The number of hydrogen-bond acceptors (Lipinski definition) is 4. The van der Waals surface area contributed by atoms with Crippen LogP contribution in [0.4, 0.5) is 0 Å². The van der Waals surface area contributed by atoms with Crippen molar-refractivity contribution in [2.75, 3.05) is 13.2 Å². The molecule has 0 atom stereocenters. The molecule has 0 aliphatic carbocycles. The molecule has 0 N–H and O–H groups in total. The summed E-state index contributed by atoms with van der Waals surface area (Å²) in [7, 11) is 0. The van der Waals surface area contributed by atoms with Crippen molar-refractivity contribution >= 4 is 11.9 Å². The van der Waals surface area contributed by atoms with Gasteiger partial charge in [-0.1, -0.05) is 12.2 Å². The van der Waals surface area contributed by atoms with Crippen molar-refractivity contribution in [3.8, 4) is 0 Å². The Bertz CT molecular complexity index is 232. The molecule has 0 saturated carbocycles. The minimum Gasteiger partial charge on any atom is -0.465 e. The van der Waals surface area contributed by atoms with E-state index >= 15 is 0 Å². The molecule has 0 saturated heterocycles. The molecule has 0 spiro atoms. The van der Waals surface area contributed by atoms with Crippen molar-refractivity contribution in [2.45, 2.75) is 32.1 Å². The Balaban J connectivity index is 3.48. The summed E-state index contributed by atoms with van der Waals surface area (Å²) in [5.41, 5.74) is 0. The highest BCUT2D eigenvalue weighted by Gasteiger charge is 2.11. The molecule has 4 heteroatoms. The van der Waals surface area contributed by atoms with Gasteiger partial charge >= 0.3 is 11.9 Å². The van der Waals surface area contributed by atoms with Crippen molar-refractivity contribution in [2.24, 2.45) is 0 Å². The van der Waals surface area contributed by atoms with Crippen LogP contribution in [0.25, 0.3) is 0 Å². The summed E-state index contributed by atoms with van der Waals surface area (Å²) in [4.78, 5) is 22.3. The van der Waals surface area contributed by atoms with Gasteiger partial charge in [0.1, 0.15) is 6.42 Å². The zero-order chi connectivity index (χ0) is 12.9. The second-order valence-corrected chi connectivity index (χ2v) is 3.48. The van der Waals surface area contributed by atoms with Crippen LogP contribution < -0.4 is 0 Å². The largest absolute Gasteiger partial charge is 0.465 e. The number of ether oxygens (including phenoxy) is 2.